The number of hydrogen-bond donors (Lipinski definition) is 0. The molecule has 0 aromatic rings. The van der Waals surface area contributed by atoms with E-state index in [0.717, 1.165) is 25.7 Å². The molecule has 0 N–H and O–H groups in total. The van der Waals surface area contributed by atoms with Gasteiger partial charge in [0.05, 0.1) is 26.1 Å². The first kappa shape index (κ1) is 36.3. The average molecular weight is 543 g/mol. The molecular formula is C32H62O4S. The Hall–Kier alpha value is -0.710. The Morgan fingerprint density at radius 3 is 1.05 bits per heavy atom. The lowest BCUT2D eigenvalue weighted by Crippen LogP contribution is -2.17. The van der Waals surface area contributed by atoms with Crippen LogP contribution in [0.25, 0.3) is 0 Å². The maximum Gasteiger partial charge on any atom is 0.306 e. The molecule has 2 atom stereocenters. The molecule has 0 rings (SSSR count). The van der Waals surface area contributed by atoms with Crippen molar-refractivity contribution in [3.63, 3.8) is 0 Å². The number of carbonyl (C=O) groups excluding carboxylic acids is 2. The van der Waals surface area contributed by atoms with Crippen LogP contribution in [0, 0.1) is 0 Å². The molecule has 0 bridgehead atoms. The highest BCUT2D eigenvalue weighted by molar-refractivity contribution is 8.00. The summed E-state index contributed by atoms with van der Waals surface area (Å²) in [4.78, 5) is 24.2. The Labute approximate surface area is 235 Å². The molecule has 37 heavy (non-hydrogen) atoms. The summed E-state index contributed by atoms with van der Waals surface area (Å²) in [5, 5.41) is 0.287. The van der Waals surface area contributed by atoms with E-state index in [1.165, 1.54) is 103 Å². The lowest BCUT2D eigenvalue weighted by atomic mass is 10.1. The predicted molar refractivity (Wildman–Crippen MR) is 161 cm³/mol. The van der Waals surface area contributed by atoms with Gasteiger partial charge in [0.25, 0.3) is 0 Å². The summed E-state index contributed by atoms with van der Waals surface area (Å²) in [6.45, 7) is 9.66. The second kappa shape index (κ2) is 28.3. The highest BCUT2D eigenvalue weighted by atomic mass is 32.2. The maximum atomic E-state index is 12.1. The molecule has 5 heteroatoms. The largest absolute Gasteiger partial charge is 0.466 e. The molecule has 0 saturated carbocycles. The van der Waals surface area contributed by atoms with E-state index in [-0.39, 0.29) is 22.4 Å². The van der Waals surface area contributed by atoms with E-state index in [2.05, 4.69) is 13.8 Å². The van der Waals surface area contributed by atoms with Crippen LogP contribution in [0.4, 0.5) is 0 Å². The lowest BCUT2D eigenvalue weighted by Gasteiger charge is -2.16. The number of hydrogen-bond acceptors (Lipinski definition) is 5. The van der Waals surface area contributed by atoms with Crippen LogP contribution < -0.4 is 0 Å². The van der Waals surface area contributed by atoms with Crippen LogP contribution in [0.2, 0.25) is 0 Å². The van der Waals surface area contributed by atoms with E-state index in [1.54, 1.807) is 11.8 Å². The van der Waals surface area contributed by atoms with Crippen LogP contribution in [0.15, 0.2) is 0 Å². The first-order valence-electron chi connectivity index (χ1n) is 16.0. The molecule has 4 nitrogen and oxygen atoms in total. The van der Waals surface area contributed by atoms with E-state index in [0.29, 0.717) is 26.1 Å². The first-order chi connectivity index (χ1) is 18.0. The Kier molecular flexibility index (Phi) is 27.8. The SMILES string of the molecule is CCCCCCCCCCCCOC(=O)CC(C)SC(C)CC(=O)OCCCCCCCCCCCC. The van der Waals surface area contributed by atoms with Gasteiger partial charge in [0.1, 0.15) is 0 Å². The fourth-order valence-corrected chi connectivity index (χ4v) is 5.89. The fourth-order valence-electron chi connectivity index (χ4n) is 4.63. The summed E-state index contributed by atoms with van der Waals surface area (Å²) < 4.78 is 10.9. The van der Waals surface area contributed by atoms with Crippen LogP contribution in [0.5, 0.6) is 0 Å². The topological polar surface area (TPSA) is 52.6 Å². The Morgan fingerprint density at radius 1 is 0.486 bits per heavy atom. The standard InChI is InChI=1S/C32H62O4S/c1-5-7-9-11-13-15-17-19-21-23-25-35-31(33)27-29(3)37-30(4)28-32(34)36-26-24-22-20-18-16-14-12-10-8-6-2/h29-30H,5-28H2,1-4H3. The number of rotatable bonds is 28. The molecule has 0 amide bonds. The fraction of sp³-hybridized carbons (Fsp3) is 0.938. The Balaban J connectivity index is 3.57. The van der Waals surface area contributed by atoms with Crippen LogP contribution >= 0.6 is 11.8 Å². The molecule has 0 aliphatic carbocycles. The molecule has 0 aromatic carbocycles. The van der Waals surface area contributed by atoms with Crippen molar-refractivity contribution in [3.8, 4) is 0 Å². The highest BCUT2D eigenvalue weighted by Crippen LogP contribution is 2.23. The molecule has 0 aliphatic rings. The summed E-state index contributed by atoms with van der Waals surface area (Å²) in [5.74, 6) is -0.238. The average Bonchev–Trinajstić information content (AvgIpc) is 2.85. The van der Waals surface area contributed by atoms with E-state index >= 15 is 0 Å². The lowest BCUT2D eigenvalue weighted by molar-refractivity contribution is -0.144. The Bertz CT molecular complexity index is 467. The number of esters is 2. The van der Waals surface area contributed by atoms with E-state index in [4.69, 9.17) is 9.47 Å². The molecule has 0 heterocycles. The van der Waals surface area contributed by atoms with Crippen molar-refractivity contribution in [3.05, 3.63) is 0 Å². The van der Waals surface area contributed by atoms with Gasteiger partial charge in [-0.05, 0) is 12.8 Å². The summed E-state index contributed by atoms with van der Waals surface area (Å²) in [7, 11) is 0. The minimum Gasteiger partial charge on any atom is -0.466 e. The van der Waals surface area contributed by atoms with Crippen LogP contribution in [-0.2, 0) is 19.1 Å². The second-order valence-corrected chi connectivity index (χ2v) is 12.9. The molecule has 0 radical (unpaired) electrons. The molecule has 2 unspecified atom stereocenters. The molecule has 0 fully saturated rings. The van der Waals surface area contributed by atoms with E-state index in [1.807, 2.05) is 13.8 Å². The van der Waals surface area contributed by atoms with Gasteiger partial charge in [0.2, 0.25) is 0 Å². The van der Waals surface area contributed by atoms with Gasteiger partial charge in [-0.1, -0.05) is 143 Å². The van der Waals surface area contributed by atoms with Crippen molar-refractivity contribution in [2.45, 2.75) is 179 Å². The van der Waals surface area contributed by atoms with E-state index in [9.17, 15) is 9.59 Å². The third-order valence-electron chi connectivity index (χ3n) is 6.89. The van der Waals surface area contributed by atoms with Crippen molar-refractivity contribution in [1.29, 1.82) is 0 Å². The van der Waals surface area contributed by atoms with Crippen LogP contribution in [0.3, 0.4) is 0 Å². The van der Waals surface area contributed by atoms with Crippen molar-refractivity contribution >= 4 is 23.7 Å². The zero-order valence-corrected chi connectivity index (χ0v) is 26.0. The van der Waals surface area contributed by atoms with Crippen LogP contribution in [0.1, 0.15) is 169 Å². The third-order valence-corrected chi connectivity index (χ3v) is 8.16. The molecule has 220 valence electrons. The number of ether oxygens (including phenoxy) is 2. The second-order valence-electron chi connectivity index (χ2n) is 11.0. The zero-order chi connectivity index (χ0) is 27.4. The quantitative estimate of drug-likeness (QED) is 0.0727. The predicted octanol–water partition coefficient (Wildman–Crippen LogP) is 10.2. The van der Waals surface area contributed by atoms with Gasteiger partial charge in [-0.15, -0.1) is 0 Å². The number of unbranched alkanes of at least 4 members (excludes halogenated alkanes) is 18. The van der Waals surface area contributed by atoms with Crippen LogP contribution in [-0.4, -0.2) is 35.7 Å². The molecule has 0 aliphatic heterocycles. The van der Waals surface area contributed by atoms with Crippen molar-refractivity contribution in [2.75, 3.05) is 13.2 Å². The monoisotopic (exact) mass is 542 g/mol. The van der Waals surface area contributed by atoms with Gasteiger partial charge in [-0.25, -0.2) is 0 Å². The van der Waals surface area contributed by atoms with Gasteiger partial charge in [-0.3, -0.25) is 9.59 Å². The summed E-state index contributed by atoms with van der Waals surface area (Å²) in [6, 6.07) is 0. The number of carbonyl (C=O) groups is 2. The van der Waals surface area contributed by atoms with Crippen molar-refractivity contribution in [1.82, 2.24) is 0 Å². The Morgan fingerprint density at radius 2 is 0.757 bits per heavy atom. The van der Waals surface area contributed by atoms with Gasteiger partial charge in [-0.2, -0.15) is 11.8 Å². The van der Waals surface area contributed by atoms with Gasteiger partial charge in [0, 0.05) is 10.5 Å². The number of thioether (sulfide) groups is 1. The molecular weight excluding hydrogens is 480 g/mol. The highest BCUT2D eigenvalue weighted by Gasteiger charge is 2.17. The van der Waals surface area contributed by atoms with Gasteiger partial charge in [0.15, 0.2) is 0 Å². The molecule has 0 aromatic heterocycles. The molecule has 0 saturated heterocycles. The van der Waals surface area contributed by atoms with Gasteiger partial charge < -0.3 is 9.47 Å². The zero-order valence-electron chi connectivity index (χ0n) is 25.2. The van der Waals surface area contributed by atoms with Crippen molar-refractivity contribution < 1.29 is 19.1 Å². The minimum atomic E-state index is -0.119. The summed E-state index contributed by atoms with van der Waals surface area (Å²) >= 11 is 1.67. The maximum absolute atomic E-state index is 12.1. The summed E-state index contributed by atoms with van der Waals surface area (Å²) in [6.07, 6.45) is 26.4. The smallest absolute Gasteiger partial charge is 0.306 e. The molecule has 0 spiro atoms. The normalized spacial score (nSPS) is 12.9. The summed E-state index contributed by atoms with van der Waals surface area (Å²) in [5.41, 5.74) is 0. The van der Waals surface area contributed by atoms with Crippen molar-refractivity contribution in [2.24, 2.45) is 0 Å². The minimum absolute atomic E-state index is 0.119. The third kappa shape index (κ3) is 28.1. The van der Waals surface area contributed by atoms with Gasteiger partial charge >= 0.3 is 11.9 Å². The van der Waals surface area contributed by atoms with E-state index < -0.39 is 0 Å². The first-order valence-corrected chi connectivity index (χ1v) is 16.9.